The maximum absolute atomic E-state index is 11.2. The van der Waals surface area contributed by atoms with Crippen molar-refractivity contribution in [3.05, 3.63) is 0 Å². The fourth-order valence-corrected chi connectivity index (χ4v) is 8.56. The molecule has 0 rings (SSSR count). The van der Waals surface area contributed by atoms with E-state index >= 15 is 0 Å². The van der Waals surface area contributed by atoms with Gasteiger partial charge in [0.05, 0.1) is 5.92 Å². The van der Waals surface area contributed by atoms with Crippen LogP contribution in [0.5, 0.6) is 0 Å². The maximum Gasteiger partial charge on any atom is 0.306 e. The molecule has 0 spiro atoms. The van der Waals surface area contributed by atoms with Crippen molar-refractivity contribution < 1.29 is 9.90 Å². The van der Waals surface area contributed by atoms with E-state index in [2.05, 4.69) is 55.4 Å². The van der Waals surface area contributed by atoms with Crippen molar-refractivity contribution in [2.45, 2.75) is 216 Å². The number of hydrogen-bond donors (Lipinski definition) is 1. The van der Waals surface area contributed by atoms with E-state index in [4.69, 9.17) is 0 Å². The van der Waals surface area contributed by atoms with E-state index in [-0.39, 0.29) is 5.92 Å². The number of rotatable bonds is 32. The molecule has 0 aromatic heterocycles. The van der Waals surface area contributed by atoms with Crippen LogP contribution in [-0.2, 0) is 4.79 Å². The third kappa shape index (κ3) is 27.8. The molecule has 0 radical (unpaired) electrons. The molecule has 0 bridgehead atoms. The quantitative estimate of drug-likeness (QED) is 0.0760. The van der Waals surface area contributed by atoms with Gasteiger partial charge in [-0.3, -0.25) is 4.79 Å². The zero-order chi connectivity index (χ0) is 33.2. The largest absolute Gasteiger partial charge is 0.481 e. The van der Waals surface area contributed by atoms with Crippen molar-refractivity contribution in [1.29, 1.82) is 0 Å². The molecule has 0 heterocycles. The van der Waals surface area contributed by atoms with Crippen LogP contribution in [0.2, 0.25) is 0 Å². The summed E-state index contributed by atoms with van der Waals surface area (Å²) < 4.78 is 0. The minimum Gasteiger partial charge on any atom is -0.481 e. The predicted octanol–water partition coefficient (Wildman–Crippen LogP) is 14.5. The SMILES string of the molecule is CCCCCCCCCCCCCCCCCC[C@H](C)C[C@H](C)C[C@H](C)C[C@H](C)C[C@H](C)C[C@H](C)C[C@H](C)C[C@H](C)C(=O)O. The molecule has 0 unspecified atom stereocenters. The van der Waals surface area contributed by atoms with Crippen LogP contribution < -0.4 is 0 Å². The maximum atomic E-state index is 11.2. The first kappa shape index (κ1) is 43.5. The summed E-state index contributed by atoms with van der Waals surface area (Å²) in [7, 11) is 0. The third-order valence-electron chi connectivity index (χ3n) is 10.6. The summed E-state index contributed by atoms with van der Waals surface area (Å²) >= 11 is 0. The first-order valence-electron chi connectivity index (χ1n) is 20.2. The van der Waals surface area contributed by atoms with Crippen molar-refractivity contribution in [2.75, 3.05) is 0 Å². The van der Waals surface area contributed by atoms with Crippen LogP contribution >= 0.6 is 0 Å². The van der Waals surface area contributed by atoms with Gasteiger partial charge in [0.15, 0.2) is 0 Å². The van der Waals surface area contributed by atoms with Gasteiger partial charge in [-0.2, -0.15) is 0 Å². The second kappa shape index (κ2) is 28.7. The predicted molar refractivity (Wildman–Crippen MR) is 197 cm³/mol. The first-order chi connectivity index (χ1) is 20.9. The van der Waals surface area contributed by atoms with Gasteiger partial charge < -0.3 is 5.11 Å². The minimum absolute atomic E-state index is 0.222. The minimum atomic E-state index is -0.653. The lowest BCUT2D eigenvalue weighted by atomic mass is 9.80. The highest BCUT2D eigenvalue weighted by Gasteiger charge is 2.20. The molecule has 2 heteroatoms. The average molecular weight is 621 g/mol. The van der Waals surface area contributed by atoms with Gasteiger partial charge in [0.25, 0.3) is 0 Å². The van der Waals surface area contributed by atoms with E-state index in [0.29, 0.717) is 11.8 Å². The summed E-state index contributed by atoms with van der Waals surface area (Å²) in [4.78, 5) is 11.2. The molecule has 1 N–H and O–H groups in total. The van der Waals surface area contributed by atoms with Gasteiger partial charge in [-0.25, -0.2) is 0 Å². The number of hydrogen-bond acceptors (Lipinski definition) is 1. The van der Waals surface area contributed by atoms with Crippen LogP contribution in [-0.4, -0.2) is 11.1 Å². The summed E-state index contributed by atoms with van der Waals surface area (Å²) in [6, 6.07) is 0. The highest BCUT2D eigenvalue weighted by atomic mass is 16.4. The van der Waals surface area contributed by atoms with Crippen LogP contribution in [0.4, 0.5) is 0 Å². The Kier molecular flexibility index (Phi) is 28.3. The first-order valence-corrected chi connectivity index (χ1v) is 20.2. The molecule has 0 aromatic carbocycles. The van der Waals surface area contributed by atoms with Gasteiger partial charge in [-0.15, -0.1) is 0 Å². The Bertz CT molecular complexity index is 629. The molecular weight excluding hydrogens is 536 g/mol. The number of carbonyl (C=O) groups is 1. The molecule has 0 aromatic rings. The zero-order valence-electron chi connectivity index (χ0n) is 31.9. The Morgan fingerprint density at radius 2 is 0.636 bits per heavy atom. The molecule has 44 heavy (non-hydrogen) atoms. The van der Waals surface area contributed by atoms with Crippen molar-refractivity contribution in [3.63, 3.8) is 0 Å². The van der Waals surface area contributed by atoms with Crippen LogP contribution in [0.25, 0.3) is 0 Å². The van der Waals surface area contributed by atoms with Crippen molar-refractivity contribution in [1.82, 2.24) is 0 Å². The molecule has 0 aliphatic heterocycles. The van der Waals surface area contributed by atoms with Crippen LogP contribution in [0.3, 0.4) is 0 Å². The van der Waals surface area contributed by atoms with E-state index in [1.54, 1.807) is 0 Å². The Morgan fingerprint density at radius 1 is 0.386 bits per heavy atom. The second-order valence-corrected chi connectivity index (χ2v) is 16.7. The zero-order valence-corrected chi connectivity index (χ0v) is 31.9. The molecule has 8 atom stereocenters. The van der Waals surface area contributed by atoms with E-state index < -0.39 is 5.97 Å². The summed E-state index contributed by atoms with van der Waals surface area (Å²) in [6.07, 6.45) is 33.4. The van der Waals surface area contributed by atoms with Crippen molar-refractivity contribution in [3.8, 4) is 0 Å². The highest BCUT2D eigenvalue weighted by Crippen LogP contribution is 2.31. The molecule has 0 fully saturated rings. The Morgan fingerprint density at radius 3 is 0.932 bits per heavy atom. The van der Waals surface area contributed by atoms with E-state index in [0.717, 1.165) is 42.4 Å². The summed E-state index contributed by atoms with van der Waals surface area (Å²) in [5.74, 6) is 4.41. The lowest BCUT2D eigenvalue weighted by molar-refractivity contribution is -0.141. The van der Waals surface area contributed by atoms with E-state index in [1.165, 1.54) is 141 Å². The monoisotopic (exact) mass is 621 g/mol. The third-order valence-corrected chi connectivity index (χ3v) is 10.6. The van der Waals surface area contributed by atoms with Crippen molar-refractivity contribution in [2.24, 2.45) is 47.3 Å². The summed E-state index contributed by atoms with van der Waals surface area (Å²) in [6.45, 7) is 21.2. The van der Waals surface area contributed by atoms with Gasteiger partial charge in [0.1, 0.15) is 0 Å². The van der Waals surface area contributed by atoms with E-state index in [1.807, 2.05) is 6.92 Å². The second-order valence-electron chi connectivity index (χ2n) is 16.7. The molecule has 0 aliphatic carbocycles. The Balaban J connectivity index is 3.80. The standard InChI is InChI=1S/C42H84O2/c1-10-11-12-13-14-15-16-17-18-19-20-21-22-23-24-25-26-34(2)27-35(3)28-36(4)29-37(5)30-38(6)31-39(7)32-40(8)33-41(9)42(43)44/h34-41H,10-33H2,1-9H3,(H,43,44)/t34-,35-,36-,37-,38-,39-,40-,41-/m0/s1. The molecule has 2 nitrogen and oxygen atoms in total. The smallest absolute Gasteiger partial charge is 0.306 e. The van der Waals surface area contributed by atoms with Gasteiger partial charge in [0.2, 0.25) is 0 Å². The lowest BCUT2D eigenvalue weighted by Crippen LogP contribution is -2.16. The molecule has 0 amide bonds. The van der Waals surface area contributed by atoms with Crippen LogP contribution in [0.1, 0.15) is 216 Å². The van der Waals surface area contributed by atoms with Crippen LogP contribution in [0, 0.1) is 47.3 Å². The number of unbranched alkanes of at least 4 members (excludes halogenated alkanes) is 15. The molecule has 264 valence electrons. The fourth-order valence-electron chi connectivity index (χ4n) is 8.56. The fraction of sp³-hybridized carbons (Fsp3) is 0.976. The molecule has 0 aliphatic rings. The van der Waals surface area contributed by atoms with Gasteiger partial charge in [0, 0.05) is 0 Å². The molecular formula is C42H84O2. The topological polar surface area (TPSA) is 37.3 Å². The Hall–Kier alpha value is -0.530. The normalized spacial score (nSPS) is 17.5. The highest BCUT2D eigenvalue weighted by molar-refractivity contribution is 5.69. The summed E-state index contributed by atoms with van der Waals surface area (Å²) in [5, 5.41) is 9.20. The van der Waals surface area contributed by atoms with Crippen LogP contribution in [0.15, 0.2) is 0 Å². The van der Waals surface area contributed by atoms with Gasteiger partial charge in [-0.05, 0) is 86.4 Å². The lowest BCUT2D eigenvalue weighted by Gasteiger charge is -2.26. The van der Waals surface area contributed by atoms with Crippen molar-refractivity contribution >= 4 is 5.97 Å². The molecule has 0 saturated heterocycles. The number of carboxylic acids is 1. The van der Waals surface area contributed by atoms with Gasteiger partial charge >= 0.3 is 5.97 Å². The molecule has 0 saturated carbocycles. The van der Waals surface area contributed by atoms with Gasteiger partial charge in [-0.1, -0.05) is 171 Å². The average Bonchev–Trinajstić information content (AvgIpc) is 2.91. The summed E-state index contributed by atoms with van der Waals surface area (Å²) in [5.41, 5.74) is 0. The van der Waals surface area contributed by atoms with E-state index in [9.17, 15) is 9.90 Å². The Labute approximate surface area is 279 Å². The number of aliphatic carboxylic acids is 1. The number of carboxylic acid groups (broad SMARTS) is 1.